The Bertz CT molecular complexity index is 450. The van der Waals surface area contributed by atoms with E-state index in [1.54, 1.807) is 33.8 Å². The van der Waals surface area contributed by atoms with Crippen molar-refractivity contribution in [2.45, 2.75) is 66.0 Å². The van der Waals surface area contributed by atoms with E-state index in [1.807, 2.05) is 13.8 Å². The monoisotopic (exact) mass is 327 g/mol. The van der Waals surface area contributed by atoms with E-state index in [9.17, 15) is 14.4 Å². The summed E-state index contributed by atoms with van der Waals surface area (Å²) in [5, 5.41) is 11.3. The summed E-state index contributed by atoms with van der Waals surface area (Å²) in [6.45, 7) is 10.8. The molecule has 23 heavy (non-hydrogen) atoms. The van der Waals surface area contributed by atoms with E-state index in [0.717, 1.165) is 12.5 Å². The van der Waals surface area contributed by atoms with Crippen LogP contribution in [0.5, 0.6) is 0 Å². The first kappa shape index (κ1) is 21.1. The molecule has 6 nitrogen and oxygen atoms in total. The summed E-state index contributed by atoms with van der Waals surface area (Å²) < 4.78 is 5.12. The van der Waals surface area contributed by atoms with Gasteiger partial charge in [-0.05, 0) is 39.5 Å². The van der Waals surface area contributed by atoms with Gasteiger partial charge in [0.1, 0.15) is 5.60 Å². The van der Waals surface area contributed by atoms with Gasteiger partial charge in [-0.15, -0.1) is 0 Å². The van der Waals surface area contributed by atoms with Crippen molar-refractivity contribution < 1.29 is 24.2 Å². The average Bonchev–Trinajstić information content (AvgIpc) is 2.39. The summed E-state index contributed by atoms with van der Waals surface area (Å²) in [4.78, 5) is 34.6. The highest BCUT2D eigenvalue weighted by atomic mass is 16.6. The van der Waals surface area contributed by atoms with E-state index in [4.69, 9.17) is 9.84 Å². The number of carboxylic acids is 1. The molecule has 0 saturated heterocycles. The molecular formula is C17H29NO5. The van der Waals surface area contributed by atoms with Gasteiger partial charge < -0.3 is 15.2 Å². The van der Waals surface area contributed by atoms with E-state index >= 15 is 0 Å². The number of carboxylic acid groups (broad SMARTS) is 1. The Kier molecular flexibility index (Phi) is 8.58. The molecular weight excluding hydrogens is 298 g/mol. The molecule has 132 valence electrons. The molecule has 3 atom stereocenters. The molecule has 0 radical (unpaired) electrons. The van der Waals surface area contributed by atoms with Crippen molar-refractivity contribution >= 4 is 17.8 Å². The number of rotatable bonds is 8. The molecule has 0 aromatic heterocycles. The third kappa shape index (κ3) is 9.71. The largest absolute Gasteiger partial charge is 0.478 e. The zero-order valence-corrected chi connectivity index (χ0v) is 14.9. The number of amides is 1. The normalized spacial score (nSPS) is 15.7. The van der Waals surface area contributed by atoms with Gasteiger partial charge >= 0.3 is 12.1 Å². The second-order valence-electron chi connectivity index (χ2n) is 6.79. The van der Waals surface area contributed by atoms with Gasteiger partial charge in [0.05, 0.1) is 6.04 Å². The van der Waals surface area contributed by atoms with Crippen molar-refractivity contribution in [1.82, 2.24) is 5.32 Å². The lowest BCUT2D eigenvalue weighted by Gasteiger charge is -2.23. The van der Waals surface area contributed by atoms with Gasteiger partial charge in [0.15, 0.2) is 5.78 Å². The number of carbonyl (C=O) groups excluding carboxylic acids is 2. The van der Waals surface area contributed by atoms with Gasteiger partial charge in [0.25, 0.3) is 0 Å². The molecule has 0 saturated carbocycles. The molecule has 1 amide bonds. The quantitative estimate of drug-likeness (QED) is 0.668. The Labute approximate surface area is 138 Å². The first-order valence-corrected chi connectivity index (χ1v) is 7.89. The van der Waals surface area contributed by atoms with Crippen molar-refractivity contribution in [1.29, 1.82) is 0 Å². The Morgan fingerprint density at radius 1 is 1.22 bits per heavy atom. The fraction of sp³-hybridized carbons (Fsp3) is 0.706. The molecule has 0 rings (SSSR count). The minimum atomic E-state index is -1.04. The third-order valence-electron chi connectivity index (χ3n) is 3.51. The molecule has 0 fully saturated rings. The highest BCUT2D eigenvalue weighted by Gasteiger charge is 2.24. The van der Waals surface area contributed by atoms with Crippen molar-refractivity contribution in [2.75, 3.05) is 0 Å². The second-order valence-corrected chi connectivity index (χ2v) is 6.79. The molecule has 0 aliphatic carbocycles. The van der Waals surface area contributed by atoms with Gasteiger partial charge in [-0.2, -0.15) is 0 Å². The van der Waals surface area contributed by atoms with E-state index in [0.29, 0.717) is 0 Å². The van der Waals surface area contributed by atoms with Crippen LogP contribution in [0.4, 0.5) is 4.79 Å². The topological polar surface area (TPSA) is 92.7 Å². The fourth-order valence-corrected chi connectivity index (χ4v) is 1.94. The van der Waals surface area contributed by atoms with Gasteiger partial charge in [-0.25, -0.2) is 9.59 Å². The summed E-state index contributed by atoms with van der Waals surface area (Å²) in [5.74, 6) is -1.20. The SMILES string of the molecule is CC[C@H](C)[C@@H](/C=C/C(=O)O)CC(=O)[C@H](C)NC(=O)OC(C)(C)C. The number of aliphatic carboxylic acids is 1. The summed E-state index contributed by atoms with van der Waals surface area (Å²) in [6, 6.07) is -0.686. The van der Waals surface area contributed by atoms with Gasteiger partial charge in [0.2, 0.25) is 0 Å². The molecule has 6 heteroatoms. The minimum Gasteiger partial charge on any atom is -0.478 e. The summed E-state index contributed by atoms with van der Waals surface area (Å²) in [6.07, 6.45) is 2.98. The predicted molar refractivity (Wildman–Crippen MR) is 88.2 cm³/mol. The Morgan fingerprint density at radius 2 is 1.78 bits per heavy atom. The maximum Gasteiger partial charge on any atom is 0.408 e. The number of ether oxygens (including phenoxy) is 1. The number of allylic oxidation sites excluding steroid dienone is 1. The molecule has 0 aliphatic heterocycles. The number of ketones is 1. The number of hydrogen-bond donors (Lipinski definition) is 2. The number of nitrogens with one attached hydrogen (secondary N) is 1. The number of carbonyl (C=O) groups is 3. The summed E-state index contributed by atoms with van der Waals surface area (Å²) >= 11 is 0. The van der Waals surface area contributed by atoms with Crippen molar-refractivity contribution in [3.8, 4) is 0 Å². The molecule has 0 bridgehead atoms. The molecule has 0 aliphatic rings. The number of hydrogen-bond acceptors (Lipinski definition) is 4. The first-order valence-electron chi connectivity index (χ1n) is 7.89. The van der Waals surface area contributed by atoms with E-state index < -0.39 is 23.7 Å². The predicted octanol–water partition coefficient (Wildman–Crippen LogP) is 3.16. The Hall–Kier alpha value is -1.85. The van der Waals surface area contributed by atoms with E-state index in [-0.39, 0.29) is 24.0 Å². The highest BCUT2D eigenvalue weighted by Crippen LogP contribution is 2.21. The van der Waals surface area contributed by atoms with E-state index in [2.05, 4.69) is 5.32 Å². The third-order valence-corrected chi connectivity index (χ3v) is 3.51. The molecule has 0 aromatic rings. The van der Waals surface area contributed by atoms with Gasteiger partial charge in [-0.1, -0.05) is 26.3 Å². The maximum atomic E-state index is 12.3. The van der Waals surface area contributed by atoms with Crippen LogP contribution in [-0.4, -0.2) is 34.6 Å². The lowest BCUT2D eigenvalue weighted by molar-refractivity contribution is -0.131. The summed E-state index contributed by atoms with van der Waals surface area (Å²) in [5.41, 5.74) is -0.629. The number of Topliss-reactive ketones (excluding diaryl/α,β-unsaturated/α-hetero) is 1. The first-order chi connectivity index (χ1) is 10.5. The van der Waals surface area contributed by atoms with Crippen LogP contribution in [0.2, 0.25) is 0 Å². The van der Waals surface area contributed by atoms with Gasteiger partial charge in [-0.3, -0.25) is 4.79 Å². The standard InChI is InChI=1S/C17H29NO5/c1-7-11(2)13(8-9-15(20)21)10-14(19)12(3)18-16(22)23-17(4,5)6/h8-9,11-13H,7,10H2,1-6H3,(H,18,22)(H,20,21)/b9-8+/t11-,12-,13-/m0/s1. The zero-order valence-electron chi connectivity index (χ0n) is 14.9. The second kappa shape index (κ2) is 9.33. The minimum absolute atomic E-state index is 0.156. The fourth-order valence-electron chi connectivity index (χ4n) is 1.94. The van der Waals surface area contributed by atoms with Crippen LogP contribution in [0.3, 0.4) is 0 Å². The highest BCUT2D eigenvalue weighted by molar-refractivity contribution is 5.87. The maximum absolute atomic E-state index is 12.3. The van der Waals surface area contributed by atoms with Crippen molar-refractivity contribution in [3.05, 3.63) is 12.2 Å². The van der Waals surface area contributed by atoms with Crippen LogP contribution in [0.15, 0.2) is 12.2 Å². The van der Waals surface area contributed by atoms with Gasteiger partial charge in [0, 0.05) is 12.5 Å². The number of alkyl carbamates (subject to hydrolysis) is 1. The van der Waals surface area contributed by atoms with Crippen LogP contribution in [0.1, 0.15) is 54.4 Å². The molecule has 0 aromatic carbocycles. The molecule has 0 spiro atoms. The zero-order chi connectivity index (χ0) is 18.2. The van der Waals surface area contributed by atoms with Crippen molar-refractivity contribution in [2.24, 2.45) is 11.8 Å². The van der Waals surface area contributed by atoms with Crippen LogP contribution < -0.4 is 5.32 Å². The Balaban J connectivity index is 4.72. The molecule has 0 unspecified atom stereocenters. The van der Waals surface area contributed by atoms with Crippen LogP contribution in [0, 0.1) is 11.8 Å². The van der Waals surface area contributed by atoms with Crippen LogP contribution >= 0.6 is 0 Å². The Morgan fingerprint density at radius 3 is 2.22 bits per heavy atom. The van der Waals surface area contributed by atoms with Crippen LogP contribution in [0.25, 0.3) is 0 Å². The van der Waals surface area contributed by atoms with E-state index in [1.165, 1.54) is 0 Å². The van der Waals surface area contributed by atoms with Crippen molar-refractivity contribution in [3.63, 3.8) is 0 Å². The smallest absolute Gasteiger partial charge is 0.408 e. The summed E-state index contributed by atoms with van der Waals surface area (Å²) in [7, 11) is 0. The molecule has 0 heterocycles. The van der Waals surface area contributed by atoms with Crippen LogP contribution in [-0.2, 0) is 14.3 Å². The lowest BCUT2D eigenvalue weighted by atomic mass is 9.86. The molecule has 2 N–H and O–H groups in total. The lowest BCUT2D eigenvalue weighted by Crippen LogP contribution is -2.42. The average molecular weight is 327 g/mol.